The summed E-state index contributed by atoms with van der Waals surface area (Å²) in [5, 5.41) is 0. The molecular weight excluding hydrogens is 250 g/mol. The van der Waals surface area contributed by atoms with Crippen molar-refractivity contribution in [3.05, 3.63) is 12.4 Å². The maximum absolute atomic E-state index is 11.2. The van der Waals surface area contributed by atoms with Crippen molar-refractivity contribution in [1.29, 1.82) is 0 Å². The van der Waals surface area contributed by atoms with Gasteiger partial charge in [0.05, 0.1) is 18.5 Å². The first kappa shape index (κ1) is 14.9. The average Bonchev–Trinajstić information content (AvgIpc) is 2.26. The zero-order valence-electron chi connectivity index (χ0n) is 11.6. The molecule has 18 heavy (non-hydrogen) atoms. The molecule has 0 aliphatic carbocycles. The van der Waals surface area contributed by atoms with E-state index >= 15 is 0 Å². The number of anilines is 1. The van der Waals surface area contributed by atoms with Gasteiger partial charge in [0.25, 0.3) is 0 Å². The minimum absolute atomic E-state index is 0.0698. The maximum atomic E-state index is 11.2. The van der Waals surface area contributed by atoms with Crippen LogP contribution in [0.1, 0.15) is 20.8 Å². The molecule has 1 heterocycles. The van der Waals surface area contributed by atoms with Crippen LogP contribution in [0.4, 0.5) is 5.82 Å². The maximum Gasteiger partial charge on any atom is 0.234 e. The first-order chi connectivity index (χ1) is 8.40. The topological polar surface area (TPSA) is 55.3 Å². The summed E-state index contributed by atoms with van der Waals surface area (Å²) in [4.78, 5) is 10.5. The fourth-order valence-electron chi connectivity index (χ4n) is 1.48. The van der Waals surface area contributed by atoms with Gasteiger partial charge in [0.2, 0.25) is 5.88 Å². The summed E-state index contributed by atoms with van der Waals surface area (Å²) in [6.07, 6.45) is 5.05. The molecule has 0 spiro atoms. The van der Waals surface area contributed by atoms with Gasteiger partial charge in [0.1, 0.15) is 0 Å². The summed E-state index contributed by atoms with van der Waals surface area (Å²) in [7, 11) is 1.09. The highest BCUT2D eigenvalue weighted by Crippen LogP contribution is 2.16. The van der Waals surface area contributed by atoms with Gasteiger partial charge in [-0.1, -0.05) is 0 Å². The molecule has 0 fully saturated rings. The van der Waals surface area contributed by atoms with Gasteiger partial charge >= 0.3 is 0 Å². The largest absolute Gasteiger partial charge is 0.474 e. The summed E-state index contributed by atoms with van der Waals surface area (Å²) in [6, 6.07) is 0.138. The molecule has 6 heteroatoms. The Bertz CT molecular complexity index is 412. The smallest absolute Gasteiger partial charge is 0.234 e. The van der Waals surface area contributed by atoms with Crippen molar-refractivity contribution in [1.82, 2.24) is 9.97 Å². The van der Waals surface area contributed by atoms with Crippen LogP contribution in [-0.2, 0) is 10.8 Å². The third-order valence-corrected chi connectivity index (χ3v) is 3.41. The number of nitrogens with zero attached hydrogens (tertiary/aromatic N) is 3. The SMILES string of the molecule is CC(C)Oc1cncc(N(C)C(C)CS(C)=O)n1. The van der Waals surface area contributed by atoms with Crippen LogP contribution >= 0.6 is 0 Å². The summed E-state index contributed by atoms with van der Waals surface area (Å²) < 4.78 is 16.7. The molecule has 0 amide bonds. The van der Waals surface area contributed by atoms with Crippen molar-refractivity contribution in [2.45, 2.75) is 32.9 Å². The first-order valence-corrected chi connectivity index (χ1v) is 7.64. The molecule has 0 saturated carbocycles. The Hall–Kier alpha value is -1.17. The Balaban J connectivity index is 2.79. The zero-order chi connectivity index (χ0) is 13.7. The van der Waals surface area contributed by atoms with Gasteiger partial charge in [-0.05, 0) is 20.8 Å². The van der Waals surface area contributed by atoms with Gasteiger partial charge in [0, 0.05) is 35.9 Å². The molecule has 1 aromatic heterocycles. The summed E-state index contributed by atoms with van der Waals surface area (Å²) in [5.41, 5.74) is 0. The quantitative estimate of drug-likeness (QED) is 0.784. The number of aromatic nitrogens is 2. The lowest BCUT2D eigenvalue weighted by Crippen LogP contribution is -2.34. The number of rotatable bonds is 6. The third-order valence-electron chi connectivity index (χ3n) is 2.45. The molecule has 1 rings (SSSR count). The number of hydrogen-bond donors (Lipinski definition) is 0. The van der Waals surface area contributed by atoms with Crippen LogP contribution in [0.3, 0.4) is 0 Å². The molecule has 5 nitrogen and oxygen atoms in total. The van der Waals surface area contributed by atoms with E-state index in [1.165, 1.54) is 0 Å². The predicted octanol–water partition coefficient (Wildman–Crippen LogP) is 1.47. The van der Waals surface area contributed by atoms with Gasteiger partial charge < -0.3 is 9.64 Å². The molecule has 2 atom stereocenters. The lowest BCUT2D eigenvalue weighted by molar-refractivity contribution is 0.231. The second-order valence-electron chi connectivity index (χ2n) is 4.58. The van der Waals surface area contributed by atoms with E-state index in [2.05, 4.69) is 9.97 Å². The molecule has 0 N–H and O–H groups in total. The highest BCUT2D eigenvalue weighted by molar-refractivity contribution is 7.84. The minimum atomic E-state index is -0.826. The lowest BCUT2D eigenvalue weighted by atomic mass is 10.3. The van der Waals surface area contributed by atoms with Crippen molar-refractivity contribution in [2.75, 3.05) is 24.0 Å². The van der Waals surface area contributed by atoms with E-state index in [0.29, 0.717) is 11.6 Å². The van der Waals surface area contributed by atoms with Crippen LogP contribution in [0.25, 0.3) is 0 Å². The van der Waals surface area contributed by atoms with Crippen LogP contribution in [0, 0.1) is 0 Å². The van der Waals surface area contributed by atoms with Gasteiger partial charge in [0.15, 0.2) is 5.82 Å². The summed E-state index contributed by atoms with van der Waals surface area (Å²) in [6.45, 7) is 5.90. The number of hydrogen-bond acceptors (Lipinski definition) is 5. The third kappa shape index (κ3) is 4.60. The van der Waals surface area contributed by atoms with Crippen LogP contribution in [0.2, 0.25) is 0 Å². The van der Waals surface area contributed by atoms with Crippen molar-refractivity contribution in [2.24, 2.45) is 0 Å². The molecule has 1 aromatic rings. The van der Waals surface area contributed by atoms with E-state index in [9.17, 15) is 4.21 Å². The molecular formula is C12H21N3O2S. The van der Waals surface area contributed by atoms with Crippen molar-refractivity contribution >= 4 is 16.6 Å². The van der Waals surface area contributed by atoms with Gasteiger partial charge in [-0.3, -0.25) is 9.19 Å². The Morgan fingerprint density at radius 1 is 1.39 bits per heavy atom. The molecule has 0 radical (unpaired) electrons. The van der Waals surface area contributed by atoms with E-state index in [0.717, 1.165) is 5.82 Å². The predicted molar refractivity (Wildman–Crippen MR) is 74.6 cm³/mol. The fourth-order valence-corrected chi connectivity index (χ4v) is 2.39. The second kappa shape index (κ2) is 6.68. The standard InChI is InChI=1S/C12H21N3O2S/c1-9(2)17-12-7-13-6-11(14-12)15(4)10(3)8-18(5)16/h6-7,9-10H,8H2,1-5H3. The molecule has 0 bridgehead atoms. The first-order valence-electron chi connectivity index (χ1n) is 5.91. The Morgan fingerprint density at radius 2 is 2.06 bits per heavy atom. The van der Waals surface area contributed by atoms with Crippen LogP contribution in [0.5, 0.6) is 5.88 Å². The Morgan fingerprint density at radius 3 is 2.61 bits per heavy atom. The van der Waals surface area contributed by atoms with Crippen LogP contribution in [-0.4, -0.2) is 45.4 Å². The van der Waals surface area contributed by atoms with Gasteiger partial charge in [-0.15, -0.1) is 0 Å². The lowest BCUT2D eigenvalue weighted by Gasteiger charge is -2.25. The molecule has 102 valence electrons. The van der Waals surface area contributed by atoms with E-state index in [4.69, 9.17) is 4.74 Å². The van der Waals surface area contributed by atoms with E-state index in [-0.39, 0.29) is 12.1 Å². The summed E-state index contributed by atoms with van der Waals surface area (Å²) in [5.74, 6) is 1.85. The van der Waals surface area contributed by atoms with E-state index < -0.39 is 10.8 Å². The highest BCUT2D eigenvalue weighted by atomic mass is 32.2. The second-order valence-corrected chi connectivity index (χ2v) is 6.06. The molecule has 0 aliphatic heterocycles. The summed E-state index contributed by atoms with van der Waals surface area (Å²) >= 11 is 0. The van der Waals surface area contributed by atoms with Crippen molar-refractivity contribution in [3.63, 3.8) is 0 Å². The zero-order valence-corrected chi connectivity index (χ0v) is 12.4. The minimum Gasteiger partial charge on any atom is -0.474 e. The highest BCUT2D eigenvalue weighted by Gasteiger charge is 2.14. The Kier molecular flexibility index (Phi) is 5.53. The van der Waals surface area contributed by atoms with Crippen molar-refractivity contribution < 1.29 is 8.95 Å². The average molecular weight is 271 g/mol. The number of ether oxygens (including phenoxy) is 1. The fraction of sp³-hybridized carbons (Fsp3) is 0.667. The molecule has 0 aliphatic rings. The van der Waals surface area contributed by atoms with Gasteiger partial charge in [-0.25, -0.2) is 0 Å². The monoisotopic (exact) mass is 271 g/mol. The molecule has 0 aromatic carbocycles. The van der Waals surface area contributed by atoms with E-state index in [1.54, 1.807) is 18.6 Å². The Labute approximate surface area is 111 Å². The van der Waals surface area contributed by atoms with Crippen molar-refractivity contribution in [3.8, 4) is 5.88 Å². The molecule has 0 saturated heterocycles. The van der Waals surface area contributed by atoms with Crippen LogP contribution in [0.15, 0.2) is 12.4 Å². The normalized spacial score (nSPS) is 14.3. The van der Waals surface area contributed by atoms with Gasteiger partial charge in [-0.2, -0.15) is 4.98 Å². The molecule has 2 unspecified atom stereocenters. The van der Waals surface area contributed by atoms with Crippen LogP contribution < -0.4 is 9.64 Å². The van der Waals surface area contributed by atoms with E-state index in [1.807, 2.05) is 32.7 Å².